The number of amides is 1. The summed E-state index contributed by atoms with van der Waals surface area (Å²) in [5.74, 6) is 0.787. The Hall–Kier alpha value is -2.33. The van der Waals surface area contributed by atoms with Crippen LogP contribution in [0.15, 0.2) is 48.5 Å². The van der Waals surface area contributed by atoms with Crippen molar-refractivity contribution in [2.45, 2.75) is 32.5 Å². The van der Waals surface area contributed by atoms with Gasteiger partial charge in [0.1, 0.15) is 12.4 Å². The predicted octanol–water partition coefficient (Wildman–Crippen LogP) is 3.48. The van der Waals surface area contributed by atoms with E-state index in [0.29, 0.717) is 18.7 Å². The number of hydrogen-bond acceptors (Lipinski definition) is 3. The lowest BCUT2D eigenvalue weighted by Crippen LogP contribution is -2.31. The number of aryl methyl sites for hydroxylation is 1. The minimum atomic E-state index is -0.0588. The Balaban J connectivity index is 1.48. The van der Waals surface area contributed by atoms with Gasteiger partial charge in [0.15, 0.2) is 0 Å². The Morgan fingerprint density at radius 3 is 2.58 bits per heavy atom. The highest BCUT2D eigenvalue weighted by Crippen LogP contribution is 2.14. The third-order valence-corrected chi connectivity index (χ3v) is 4.16. The van der Waals surface area contributed by atoms with Crippen molar-refractivity contribution >= 4 is 5.91 Å². The minimum absolute atomic E-state index is 0.0588. The van der Waals surface area contributed by atoms with Crippen molar-refractivity contribution in [2.75, 3.05) is 13.2 Å². The van der Waals surface area contributed by atoms with E-state index in [9.17, 15) is 4.79 Å². The summed E-state index contributed by atoms with van der Waals surface area (Å²) in [5, 5.41) is 2.93. The Bertz CT molecular complexity index is 658. The van der Waals surface area contributed by atoms with Crippen molar-refractivity contribution < 1.29 is 14.3 Å². The molecule has 1 N–H and O–H groups in total. The number of rotatable bonds is 6. The van der Waals surface area contributed by atoms with Crippen molar-refractivity contribution in [3.8, 4) is 5.75 Å². The van der Waals surface area contributed by atoms with Crippen molar-refractivity contribution in [3.05, 3.63) is 65.2 Å². The van der Waals surface area contributed by atoms with Crippen molar-refractivity contribution in [3.63, 3.8) is 0 Å². The quantitative estimate of drug-likeness (QED) is 0.884. The number of ether oxygens (including phenoxy) is 2. The van der Waals surface area contributed by atoms with Crippen LogP contribution in [0.25, 0.3) is 0 Å². The first-order valence-electron chi connectivity index (χ1n) is 8.39. The molecule has 1 saturated heterocycles. The van der Waals surface area contributed by atoms with E-state index in [1.54, 1.807) is 0 Å². The van der Waals surface area contributed by atoms with Gasteiger partial charge in [-0.25, -0.2) is 0 Å². The van der Waals surface area contributed by atoms with Gasteiger partial charge >= 0.3 is 0 Å². The molecule has 24 heavy (non-hydrogen) atoms. The maximum Gasteiger partial charge on any atom is 0.251 e. The molecule has 3 rings (SSSR count). The lowest BCUT2D eigenvalue weighted by Gasteiger charge is -2.11. The first kappa shape index (κ1) is 16.5. The van der Waals surface area contributed by atoms with Crippen molar-refractivity contribution in [2.24, 2.45) is 0 Å². The summed E-state index contributed by atoms with van der Waals surface area (Å²) in [7, 11) is 0. The fraction of sp³-hybridized carbons (Fsp3) is 0.350. The number of nitrogens with one attached hydrogen (secondary N) is 1. The van der Waals surface area contributed by atoms with Gasteiger partial charge in [-0.3, -0.25) is 4.79 Å². The largest absolute Gasteiger partial charge is 0.489 e. The summed E-state index contributed by atoms with van der Waals surface area (Å²) >= 11 is 0. The Morgan fingerprint density at radius 1 is 1.17 bits per heavy atom. The summed E-state index contributed by atoms with van der Waals surface area (Å²) in [6, 6.07) is 15.5. The van der Waals surface area contributed by atoms with Gasteiger partial charge in [0.05, 0.1) is 6.10 Å². The molecule has 4 heteroatoms. The third kappa shape index (κ3) is 4.59. The van der Waals surface area contributed by atoms with Crippen LogP contribution in [-0.2, 0) is 11.3 Å². The van der Waals surface area contributed by atoms with Crippen LogP contribution >= 0.6 is 0 Å². The topological polar surface area (TPSA) is 47.6 Å². The van der Waals surface area contributed by atoms with E-state index in [-0.39, 0.29) is 12.0 Å². The lowest BCUT2D eigenvalue weighted by atomic mass is 10.1. The first-order valence-corrected chi connectivity index (χ1v) is 8.39. The van der Waals surface area contributed by atoms with Gasteiger partial charge in [-0.15, -0.1) is 0 Å². The third-order valence-electron chi connectivity index (χ3n) is 4.16. The molecule has 0 aliphatic carbocycles. The van der Waals surface area contributed by atoms with Crippen LogP contribution in [0.1, 0.15) is 34.3 Å². The molecule has 0 saturated carbocycles. The molecule has 2 aromatic rings. The first-order chi connectivity index (χ1) is 11.7. The van der Waals surface area contributed by atoms with Crippen LogP contribution in [0.3, 0.4) is 0 Å². The second-order valence-corrected chi connectivity index (χ2v) is 6.14. The van der Waals surface area contributed by atoms with Crippen LogP contribution in [0.4, 0.5) is 0 Å². The average Bonchev–Trinajstić information content (AvgIpc) is 3.13. The van der Waals surface area contributed by atoms with Crippen LogP contribution in [0.5, 0.6) is 5.75 Å². The van der Waals surface area contributed by atoms with Gasteiger partial charge in [0, 0.05) is 18.7 Å². The minimum Gasteiger partial charge on any atom is -0.489 e. The van der Waals surface area contributed by atoms with E-state index < -0.39 is 0 Å². The van der Waals surface area contributed by atoms with E-state index in [1.165, 1.54) is 5.56 Å². The molecular formula is C20H23NO3. The van der Waals surface area contributed by atoms with E-state index >= 15 is 0 Å². The molecule has 2 aromatic carbocycles. The second-order valence-electron chi connectivity index (χ2n) is 6.14. The van der Waals surface area contributed by atoms with E-state index in [1.807, 2.05) is 55.5 Å². The molecule has 1 amide bonds. The molecule has 1 atom stereocenters. The molecular weight excluding hydrogens is 302 g/mol. The normalized spacial score (nSPS) is 16.8. The monoisotopic (exact) mass is 325 g/mol. The molecule has 0 bridgehead atoms. The zero-order valence-corrected chi connectivity index (χ0v) is 14.0. The van der Waals surface area contributed by atoms with Crippen LogP contribution in [0.2, 0.25) is 0 Å². The Morgan fingerprint density at radius 2 is 1.92 bits per heavy atom. The highest BCUT2D eigenvalue weighted by atomic mass is 16.5. The van der Waals surface area contributed by atoms with Gasteiger partial charge in [-0.1, -0.05) is 29.8 Å². The molecule has 1 heterocycles. The van der Waals surface area contributed by atoms with Gasteiger partial charge in [-0.05, 0) is 49.6 Å². The summed E-state index contributed by atoms with van der Waals surface area (Å²) in [6.45, 7) is 3.92. The molecule has 1 aliphatic rings. The highest BCUT2D eigenvalue weighted by molar-refractivity contribution is 5.94. The molecule has 126 valence electrons. The maximum absolute atomic E-state index is 12.1. The number of carbonyl (C=O) groups is 1. The molecule has 0 aromatic heterocycles. The van der Waals surface area contributed by atoms with Crippen LogP contribution in [0, 0.1) is 6.92 Å². The van der Waals surface area contributed by atoms with Crippen LogP contribution in [-0.4, -0.2) is 25.2 Å². The maximum atomic E-state index is 12.1. The van der Waals surface area contributed by atoms with Crippen molar-refractivity contribution in [1.82, 2.24) is 5.32 Å². The summed E-state index contributed by atoms with van der Waals surface area (Å²) in [4.78, 5) is 12.1. The van der Waals surface area contributed by atoms with Gasteiger partial charge in [0.2, 0.25) is 0 Å². The van der Waals surface area contributed by atoms with E-state index in [4.69, 9.17) is 9.47 Å². The zero-order valence-electron chi connectivity index (χ0n) is 14.0. The van der Waals surface area contributed by atoms with Crippen LogP contribution < -0.4 is 10.1 Å². The SMILES string of the molecule is Cc1ccc(OCc2ccc(C(=O)NC[C@@H]3CCCO3)cc2)cc1. The van der Waals surface area contributed by atoms with Crippen molar-refractivity contribution in [1.29, 1.82) is 0 Å². The zero-order chi connectivity index (χ0) is 16.8. The van der Waals surface area contributed by atoms with Gasteiger partial charge < -0.3 is 14.8 Å². The number of hydrogen-bond donors (Lipinski definition) is 1. The fourth-order valence-corrected chi connectivity index (χ4v) is 2.67. The second kappa shape index (κ2) is 7.97. The molecule has 4 nitrogen and oxygen atoms in total. The smallest absolute Gasteiger partial charge is 0.251 e. The number of benzene rings is 2. The molecule has 1 fully saturated rings. The average molecular weight is 325 g/mol. The van der Waals surface area contributed by atoms with E-state index in [0.717, 1.165) is 30.8 Å². The molecule has 1 aliphatic heterocycles. The van der Waals surface area contributed by atoms with Gasteiger partial charge in [-0.2, -0.15) is 0 Å². The Kier molecular flexibility index (Phi) is 5.49. The summed E-state index contributed by atoms with van der Waals surface area (Å²) < 4.78 is 11.3. The fourth-order valence-electron chi connectivity index (χ4n) is 2.67. The number of carbonyl (C=O) groups excluding carboxylic acids is 1. The molecule has 0 spiro atoms. The lowest BCUT2D eigenvalue weighted by molar-refractivity contribution is 0.0857. The standard InChI is InChI=1S/C20H23NO3/c1-15-4-10-18(11-5-15)24-14-16-6-8-17(9-7-16)20(22)21-13-19-3-2-12-23-19/h4-11,19H,2-3,12-14H2,1H3,(H,21,22)/t19-/m0/s1. The predicted molar refractivity (Wildman–Crippen MR) is 93.3 cm³/mol. The van der Waals surface area contributed by atoms with Gasteiger partial charge in [0.25, 0.3) is 5.91 Å². The van der Waals surface area contributed by atoms with E-state index in [2.05, 4.69) is 5.32 Å². The highest BCUT2D eigenvalue weighted by Gasteiger charge is 2.16. The summed E-state index contributed by atoms with van der Waals surface area (Å²) in [5.41, 5.74) is 2.90. The molecule has 0 unspecified atom stereocenters. The Labute approximate surface area is 142 Å². The molecule has 0 radical (unpaired) electrons. The summed E-state index contributed by atoms with van der Waals surface area (Å²) in [6.07, 6.45) is 2.27.